The number of rotatable bonds is 14. The number of hydrogen-bond donors (Lipinski definition) is 2. The molecule has 0 rings (SSSR count). The summed E-state index contributed by atoms with van der Waals surface area (Å²) in [5.74, 6) is 0. The molecule has 0 fully saturated rings. The van der Waals surface area contributed by atoms with Crippen molar-refractivity contribution in [2.45, 2.75) is 102 Å². The molecule has 0 bridgehead atoms. The third kappa shape index (κ3) is 13.3. The van der Waals surface area contributed by atoms with E-state index in [1.165, 1.54) is 32.1 Å². The predicted octanol–water partition coefficient (Wildman–Crippen LogP) is 4.32. The van der Waals surface area contributed by atoms with Crippen LogP contribution in [0.1, 0.15) is 90.9 Å². The first-order valence-corrected chi connectivity index (χ1v) is 10.0. The molecule has 2 atom stereocenters. The molecule has 0 aromatic heterocycles. The molecule has 0 saturated heterocycles. The average Bonchev–Trinajstić information content (AvgIpc) is 2.38. The van der Waals surface area contributed by atoms with Crippen LogP contribution in [0.5, 0.6) is 0 Å². The van der Waals surface area contributed by atoms with Crippen molar-refractivity contribution in [3.8, 4) is 0 Å². The van der Waals surface area contributed by atoms with Crippen LogP contribution in [0.3, 0.4) is 0 Å². The molecule has 0 heterocycles. The lowest BCUT2D eigenvalue weighted by Crippen LogP contribution is -2.19. The van der Waals surface area contributed by atoms with Gasteiger partial charge in [0.05, 0.1) is 11.4 Å². The minimum atomic E-state index is -3.85. The van der Waals surface area contributed by atoms with Crippen LogP contribution in [-0.2, 0) is 10.1 Å². The Morgan fingerprint density at radius 2 is 1.19 bits per heavy atom. The highest BCUT2D eigenvalue weighted by molar-refractivity contribution is 7.86. The Balaban J connectivity index is 3.33. The van der Waals surface area contributed by atoms with Crippen LogP contribution in [0.4, 0.5) is 0 Å². The SMILES string of the molecule is CCC(CCCCCCCCCCCC(C)O)S(=O)(=O)O. The molecule has 128 valence electrons. The molecule has 0 aliphatic rings. The van der Waals surface area contributed by atoms with Gasteiger partial charge in [0.2, 0.25) is 0 Å². The largest absolute Gasteiger partial charge is 0.393 e. The van der Waals surface area contributed by atoms with Gasteiger partial charge in [-0.15, -0.1) is 0 Å². The smallest absolute Gasteiger partial charge is 0.267 e. The summed E-state index contributed by atoms with van der Waals surface area (Å²) >= 11 is 0. The van der Waals surface area contributed by atoms with Crippen molar-refractivity contribution in [2.24, 2.45) is 0 Å². The van der Waals surface area contributed by atoms with Crippen LogP contribution >= 0.6 is 0 Å². The van der Waals surface area contributed by atoms with E-state index in [9.17, 15) is 8.42 Å². The lowest BCUT2D eigenvalue weighted by molar-refractivity contribution is 0.180. The summed E-state index contributed by atoms with van der Waals surface area (Å²) in [5, 5.41) is 8.55. The molecule has 0 aliphatic carbocycles. The summed E-state index contributed by atoms with van der Waals surface area (Å²) in [7, 11) is -3.85. The highest BCUT2D eigenvalue weighted by Gasteiger charge is 2.19. The Kier molecular flexibility index (Phi) is 12.3. The van der Waals surface area contributed by atoms with Gasteiger partial charge in [-0.25, -0.2) is 0 Å². The second-order valence-electron chi connectivity index (χ2n) is 6.15. The standard InChI is InChI=1S/C16H34O4S/c1-3-16(21(18,19)20)14-12-10-8-6-4-5-7-9-11-13-15(2)17/h15-17H,3-14H2,1-2H3,(H,18,19,20). The van der Waals surface area contributed by atoms with E-state index in [-0.39, 0.29) is 6.10 Å². The van der Waals surface area contributed by atoms with Crippen molar-refractivity contribution < 1.29 is 18.1 Å². The normalized spacial score (nSPS) is 15.0. The van der Waals surface area contributed by atoms with E-state index in [2.05, 4.69) is 0 Å². The number of aliphatic hydroxyl groups excluding tert-OH is 1. The molecule has 0 saturated carbocycles. The van der Waals surface area contributed by atoms with E-state index in [0.717, 1.165) is 32.1 Å². The van der Waals surface area contributed by atoms with E-state index in [1.54, 1.807) is 6.92 Å². The molecule has 0 aromatic rings. The van der Waals surface area contributed by atoms with Gasteiger partial charge in [-0.1, -0.05) is 64.7 Å². The molecule has 5 heteroatoms. The maximum atomic E-state index is 11.0. The third-order valence-electron chi connectivity index (χ3n) is 4.02. The molecule has 0 spiro atoms. The van der Waals surface area contributed by atoms with Gasteiger partial charge < -0.3 is 5.11 Å². The Labute approximate surface area is 131 Å². The molecule has 4 nitrogen and oxygen atoms in total. The van der Waals surface area contributed by atoms with Crippen molar-refractivity contribution in [1.82, 2.24) is 0 Å². The van der Waals surface area contributed by atoms with Crippen molar-refractivity contribution >= 4 is 10.1 Å². The van der Waals surface area contributed by atoms with Crippen molar-refractivity contribution in [3.63, 3.8) is 0 Å². The van der Waals surface area contributed by atoms with Gasteiger partial charge in [0.15, 0.2) is 0 Å². The first kappa shape index (κ1) is 20.9. The van der Waals surface area contributed by atoms with Crippen LogP contribution in [-0.4, -0.2) is 29.4 Å². The fourth-order valence-corrected chi connectivity index (χ4v) is 3.50. The summed E-state index contributed by atoms with van der Waals surface area (Å²) in [6.45, 7) is 3.64. The van der Waals surface area contributed by atoms with Crippen LogP contribution in [0, 0.1) is 0 Å². The van der Waals surface area contributed by atoms with Gasteiger partial charge in [-0.2, -0.15) is 8.42 Å². The molecule has 2 N–H and O–H groups in total. The van der Waals surface area contributed by atoms with Crippen LogP contribution in [0.15, 0.2) is 0 Å². The molecule has 0 radical (unpaired) electrons. The second kappa shape index (κ2) is 12.4. The molecular weight excluding hydrogens is 288 g/mol. The Bertz CT molecular complexity index is 325. The Morgan fingerprint density at radius 1 is 0.810 bits per heavy atom. The second-order valence-corrected chi connectivity index (χ2v) is 7.85. The third-order valence-corrected chi connectivity index (χ3v) is 5.44. The Hall–Kier alpha value is -0.130. The maximum absolute atomic E-state index is 11.0. The van der Waals surface area contributed by atoms with E-state index in [4.69, 9.17) is 9.66 Å². The van der Waals surface area contributed by atoms with Crippen molar-refractivity contribution in [2.75, 3.05) is 0 Å². The lowest BCUT2D eigenvalue weighted by atomic mass is 10.0. The van der Waals surface area contributed by atoms with Gasteiger partial charge in [-0.3, -0.25) is 4.55 Å². The highest BCUT2D eigenvalue weighted by atomic mass is 32.2. The molecular formula is C16H34O4S. The zero-order valence-electron chi connectivity index (χ0n) is 13.8. The summed E-state index contributed by atoms with van der Waals surface area (Å²) < 4.78 is 31.1. The van der Waals surface area contributed by atoms with Gasteiger partial charge in [0.1, 0.15) is 0 Å². The topological polar surface area (TPSA) is 74.6 Å². The van der Waals surface area contributed by atoms with Crippen molar-refractivity contribution in [1.29, 1.82) is 0 Å². The van der Waals surface area contributed by atoms with Crippen molar-refractivity contribution in [3.05, 3.63) is 0 Å². The average molecular weight is 323 g/mol. The Morgan fingerprint density at radius 3 is 1.52 bits per heavy atom. The fraction of sp³-hybridized carbons (Fsp3) is 1.00. The minimum Gasteiger partial charge on any atom is -0.393 e. The molecule has 0 aromatic carbocycles. The van der Waals surface area contributed by atoms with E-state index in [1.807, 2.05) is 6.92 Å². The van der Waals surface area contributed by atoms with Crippen LogP contribution in [0.25, 0.3) is 0 Å². The van der Waals surface area contributed by atoms with E-state index < -0.39 is 15.4 Å². The van der Waals surface area contributed by atoms with Crippen LogP contribution in [0.2, 0.25) is 0 Å². The first-order valence-electron chi connectivity index (χ1n) is 8.52. The zero-order chi connectivity index (χ0) is 16.1. The molecule has 2 unspecified atom stereocenters. The first-order chi connectivity index (χ1) is 9.88. The van der Waals surface area contributed by atoms with Gasteiger partial charge in [0.25, 0.3) is 10.1 Å². The maximum Gasteiger partial charge on any atom is 0.267 e. The lowest BCUT2D eigenvalue weighted by Gasteiger charge is -2.10. The zero-order valence-corrected chi connectivity index (χ0v) is 14.6. The summed E-state index contributed by atoms with van der Waals surface area (Å²) in [6, 6.07) is 0. The molecule has 0 aliphatic heterocycles. The van der Waals surface area contributed by atoms with E-state index in [0.29, 0.717) is 12.8 Å². The summed E-state index contributed by atoms with van der Waals surface area (Å²) in [5.41, 5.74) is 0. The number of hydrogen-bond acceptors (Lipinski definition) is 3. The highest BCUT2D eigenvalue weighted by Crippen LogP contribution is 2.16. The molecule has 0 amide bonds. The molecule has 21 heavy (non-hydrogen) atoms. The summed E-state index contributed by atoms with van der Waals surface area (Å²) in [4.78, 5) is 0. The predicted molar refractivity (Wildman–Crippen MR) is 88.1 cm³/mol. The quantitative estimate of drug-likeness (QED) is 0.369. The van der Waals surface area contributed by atoms with Crippen LogP contribution < -0.4 is 0 Å². The van der Waals surface area contributed by atoms with Gasteiger partial charge in [-0.05, 0) is 26.2 Å². The minimum absolute atomic E-state index is 0.167. The van der Waals surface area contributed by atoms with E-state index >= 15 is 0 Å². The number of aliphatic hydroxyl groups is 1. The van der Waals surface area contributed by atoms with Gasteiger partial charge >= 0.3 is 0 Å². The number of unbranched alkanes of at least 4 members (excludes halogenated alkanes) is 8. The monoisotopic (exact) mass is 322 g/mol. The fourth-order valence-electron chi connectivity index (χ4n) is 2.61. The summed E-state index contributed by atoms with van der Waals surface area (Å²) in [6.07, 6.45) is 12.2. The van der Waals surface area contributed by atoms with Gasteiger partial charge in [0, 0.05) is 0 Å².